The van der Waals surface area contributed by atoms with Gasteiger partial charge in [0.2, 0.25) is 5.78 Å². The summed E-state index contributed by atoms with van der Waals surface area (Å²) in [6.45, 7) is 10.3. The second kappa shape index (κ2) is 9.63. The maximum Gasteiger partial charge on any atom is 0.262 e. The number of aryl methyl sites for hydroxylation is 2. The molecular formula is C27H34N8O. The minimum atomic E-state index is -0.0265. The van der Waals surface area contributed by atoms with Crippen LogP contribution in [0.1, 0.15) is 24.2 Å². The number of piperidine rings is 1. The van der Waals surface area contributed by atoms with Gasteiger partial charge in [-0.05, 0) is 56.5 Å². The van der Waals surface area contributed by atoms with E-state index in [0.29, 0.717) is 17.1 Å². The van der Waals surface area contributed by atoms with Crippen LogP contribution in [0, 0.1) is 12.8 Å². The molecule has 2 aliphatic rings. The molecule has 6 rings (SSSR count). The molecule has 0 spiro atoms. The highest BCUT2D eigenvalue weighted by Crippen LogP contribution is 2.22. The third-order valence-electron chi connectivity index (χ3n) is 7.77. The first kappa shape index (κ1) is 23.1. The molecule has 0 saturated carbocycles. The van der Waals surface area contributed by atoms with Gasteiger partial charge in [0.25, 0.3) is 5.56 Å². The Bertz CT molecular complexity index is 1420. The number of aromatic nitrogens is 5. The molecule has 36 heavy (non-hydrogen) atoms. The molecule has 4 aromatic rings. The van der Waals surface area contributed by atoms with Crippen molar-refractivity contribution < 1.29 is 0 Å². The van der Waals surface area contributed by atoms with E-state index >= 15 is 0 Å². The Labute approximate surface area is 211 Å². The first-order chi connectivity index (χ1) is 17.6. The van der Waals surface area contributed by atoms with Crippen molar-refractivity contribution in [1.29, 1.82) is 0 Å². The van der Waals surface area contributed by atoms with Crippen molar-refractivity contribution in [3.63, 3.8) is 0 Å². The lowest BCUT2D eigenvalue weighted by Gasteiger charge is -2.39. The molecule has 5 heterocycles. The molecule has 2 aliphatic heterocycles. The summed E-state index contributed by atoms with van der Waals surface area (Å²) in [6.07, 6.45) is 4.35. The summed E-state index contributed by atoms with van der Waals surface area (Å²) in [5.41, 5.74) is 1.94. The van der Waals surface area contributed by atoms with Crippen LogP contribution >= 0.6 is 0 Å². The molecule has 0 radical (unpaired) electrons. The molecule has 9 nitrogen and oxygen atoms in total. The van der Waals surface area contributed by atoms with Gasteiger partial charge in [-0.3, -0.25) is 23.6 Å². The van der Waals surface area contributed by atoms with E-state index in [0.717, 1.165) is 75.1 Å². The van der Waals surface area contributed by atoms with E-state index in [1.54, 1.807) is 11.6 Å². The number of benzene rings is 1. The first-order valence-corrected chi connectivity index (χ1v) is 13.0. The summed E-state index contributed by atoms with van der Waals surface area (Å²) in [7, 11) is 1.78. The molecule has 1 atom stereocenters. The average Bonchev–Trinajstić information content (AvgIpc) is 3.32. The summed E-state index contributed by atoms with van der Waals surface area (Å²) >= 11 is 0. The smallest absolute Gasteiger partial charge is 0.262 e. The number of likely N-dealkylation sites (tertiary alicyclic amines) is 1. The van der Waals surface area contributed by atoms with Crippen LogP contribution in [0.25, 0.3) is 16.7 Å². The fourth-order valence-electron chi connectivity index (χ4n) is 5.87. The van der Waals surface area contributed by atoms with E-state index in [-0.39, 0.29) is 5.56 Å². The number of pyridine rings is 1. The standard InChI is InChI=1S/C27H34N8O/c1-20-8-9-23-22(16-20)26(36)31(2)27-30-29-25(35(23)27)19-33-11-5-6-21(18-33)17-32-12-14-34(15-13-32)24-7-3-4-10-28-24/h3-4,7-10,16,21H,5-6,11-15,17-19H2,1-2H3. The molecular weight excluding hydrogens is 452 g/mol. The van der Waals surface area contributed by atoms with Gasteiger partial charge >= 0.3 is 0 Å². The van der Waals surface area contributed by atoms with Gasteiger partial charge in [0, 0.05) is 52.5 Å². The van der Waals surface area contributed by atoms with Crippen molar-refractivity contribution in [3.8, 4) is 0 Å². The lowest BCUT2D eigenvalue weighted by Crippen LogP contribution is -2.49. The fraction of sp³-hybridized carbons (Fsp3) is 0.481. The van der Waals surface area contributed by atoms with Crippen molar-refractivity contribution in [2.45, 2.75) is 26.3 Å². The summed E-state index contributed by atoms with van der Waals surface area (Å²) in [4.78, 5) is 24.9. The van der Waals surface area contributed by atoms with E-state index in [1.165, 1.54) is 12.8 Å². The molecule has 0 aliphatic carbocycles. The minimum absolute atomic E-state index is 0.0265. The summed E-state index contributed by atoms with van der Waals surface area (Å²) in [6, 6.07) is 12.2. The average molecular weight is 487 g/mol. The molecule has 2 saturated heterocycles. The zero-order chi connectivity index (χ0) is 24.6. The lowest BCUT2D eigenvalue weighted by molar-refractivity contribution is 0.122. The number of nitrogens with zero attached hydrogens (tertiary/aromatic N) is 8. The van der Waals surface area contributed by atoms with Crippen molar-refractivity contribution in [1.82, 2.24) is 33.9 Å². The number of hydrogen-bond donors (Lipinski definition) is 0. The van der Waals surface area contributed by atoms with Crippen LogP contribution in [0.2, 0.25) is 0 Å². The molecule has 188 valence electrons. The maximum atomic E-state index is 12.9. The van der Waals surface area contributed by atoms with Crippen LogP contribution in [0.3, 0.4) is 0 Å². The number of fused-ring (bicyclic) bond motifs is 3. The Hall–Kier alpha value is -3.30. The fourth-order valence-corrected chi connectivity index (χ4v) is 5.87. The second-order valence-electron chi connectivity index (χ2n) is 10.4. The Morgan fingerprint density at radius 1 is 1.00 bits per heavy atom. The van der Waals surface area contributed by atoms with Crippen molar-refractivity contribution in [2.75, 3.05) is 50.7 Å². The summed E-state index contributed by atoms with van der Waals surface area (Å²) < 4.78 is 3.68. The summed E-state index contributed by atoms with van der Waals surface area (Å²) in [5.74, 6) is 3.24. The quantitative estimate of drug-likeness (QED) is 0.429. The van der Waals surface area contributed by atoms with Crippen molar-refractivity contribution >= 4 is 22.5 Å². The molecule has 1 aromatic carbocycles. The molecule has 0 N–H and O–H groups in total. The highest BCUT2D eigenvalue weighted by atomic mass is 16.1. The van der Waals surface area contributed by atoms with Gasteiger partial charge < -0.3 is 4.90 Å². The van der Waals surface area contributed by atoms with Crippen LogP contribution in [-0.4, -0.2) is 79.8 Å². The Morgan fingerprint density at radius 2 is 1.86 bits per heavy atom. The third kappa shape index (κ3) is 4.37. The normalized spacial score (nSPS) is 19.9. The highest BCUT2D eigenvalue weighted by molar-refractivity contribution is 5.81. The van der Waals surface area contributed by atoms with E-state index < -0.39 is 0 Å². The van der Waals surface area contributed by atoms with Gasteiger partial charge in [0.1, 0.15) is 5.82 Å². The second-order valence-corrected chi connectivity index (χ2v) is 10.4. The van der Waals surface area contributed by atoms with Gasteiger partial charge in [-0.2, -0.15) is 0 Å². The molecule has 0 bridgehead atoms. The van der Waals surface area contributed by atoms with Crippen LogP contribution in [0.15, 0.2) is 47.4 Å². The van der Waals surface area contributed by atoms with E-state index in [4.69, 9.17) is 0 Å². The molecule has 0 amide bonds. The largest absolute Gasteiger partial charge is 0.354 e. The lowest BCUT2D eigenvalue weighted by atomic mass is 9.97. The SMILES string of the molecule is Cc1ccc2c(c1)c(=O)n(C)c1nnc(CN3CCCC(CN4CCN(c5ccccn5)CC4)C3)n21. The topological polar surface area (TPSA) is 74.8 Å². The summed E-state index contributed by atoms with van der Waals surface area (Å²) in [5, 5.41) is 9.64. The molecule has 1 unspecified atom stereocenters. The number of rotatable bonds is 5. The van der Waals surface area contributed by atoms with Crippen LogP contribution in [-0.2, 0) is 13.6 Å². The predicted molar refractivity (Wildman–Crippen MR) is 141 cm³/mol. The van der Waals surface area contributed by atoms with Gasteiger partial charge in [-0.25, -0.2) is 4.98 Å². The van der Waals surface area contributed by atoms with Gasteiger partial charge in [0.15, 0.2) is 5.82 Å². The maximum absolute atomic E-state index is 12.9. The molecule has 2 fully saturated rings. The Kier molecular flexibility index (Phi) is 6.18. The predicted octanol–water partition coefficient (Wildman–Crippen LogP) is 2.32. The van der Waals surface area contributed by atoms with Crippen molar-refractivity contribution in [3.05, 3.63) is 64.3 Å². The highest BCUT2D eigenvalue weighted by Gasteiger charge is 2.26. The number of anilines is 1. The van der Waals surface area contributed by atoms with Crippen LogP contribution in [0.4, 0.5) is 5.82 Å². The first-order valence-electron chi connectivity index (χ1n) is 13.0. The number of piperazine rings is 1. The zero-order valence-corrected chi connectivity index (χ0v) is 21.2. The Balaban J connectivity index is 1.14. The molecule has 3 aromatic heterocycles. The minimum Gasteiger partial charge on any atom is -0.354 e. The zero-order valence-electron chi connectivity index (χ0n) is 21.2. The van der Waals surface area contributed by atoms with Gasteiger partial charge in [-0.15, -0.1) is 10.2 Å². The number of hydrogen-bond acceptors (Lipinski definition) is 7. The van der Waals surface area contributed by atoms with Crippen molar-refractivity contribution in [2.24, 2.45) is 13.0 Å². The van der Waals surface area contributed by atoms with E-state index in [2.05, 4.69) is 52.5 Å². The van der Waals surface area contributed by atoms with Crippen LogP contribution in [0.5, 0.6) is 0 Å². The Morgan fingerprint density at radius 3 is 2.67 bits per heavy atom. The van der Waals surface area contributed by atoms with E-state index in [9.17, 15) is 4.79 Å². The van der Waals surface area contributed by atoms with Gasteiger partial charge in [0.05, 0.1) is 17.4 Å². The van der Waals surface area contributed by atoms with E-state index in [1.807, 2.05) is 31.3 Å². The third-order valence-corrected chi connectivity index (χ3v) is 7.77. The monoisotopic (exact) mass is 486 g/mol. The molecule has 9 heteroatoms. The van der Waals surface area contributed by atoms with Gasteiger partial charge in [-0.1, -0.05) is 17.7 Å². The van der Waals surface area contributed by atoms with Crippen LogP contribution < -0.4 is 10.5 Å².